The zero-order valence-electron chi connectivity index (χ0n) is 12.9. The minimum atomic E-state index is -0.700. The van der Waals surface area contributed by atoms with E-state index in [9.17, 15) is 4.79 Å². The molecule has 6 nitrogen and oxygen atoms in total. The van der Waals surface area contributed by atoms with E-state index >= 15 is 0 Å². The van der Waals surface area contributed by atoms with Gasteiger partial charge in [0.05, 0.1) is 5.69 Å². The first-order chi connectivity index (χ1) is 11.6. The van der Waals surface area contributed by atoms with E-state index in [0.717, 1.165) is 0 Å². The Morgan fingerprint density at radius 2 is 2.12 bits per heavy atom. The van der Waals surface area contributed by atoms with Crippen LogP contribution in [-0.4, -0.2) is 26.8 Å². The van der Waals surface area contributed by atoms with E-state index in [-0.39, 0.29) is 5.91 Å². The van der Waals surface area contributed by atoms with Crippen molar-refractivity contribution in [2.45, 2.75) is 13.0 Å². The van der Waals surface area contributed by atoms with E-state index in [4.69, 9.17) is 16.3 Å². The molecule has 0 aliphatic rings. The summed E-state index contributed by atoms with van der Waals surface area (Å²) in [5, 5.41) is 7.50. The number of hydrogen-bond donors (Lipinski definition) is 1. The van der Waals surface area contributed by atoms with Gasteiger partial charge in [-0.15, -0.1) is 0 Å². The summed E-state index contributed by atoms with van der Waals surface area (Å²) in [6, 6.07) is 12.2. The van der Waals surface area contributed by atoms with Gasteiger partial charge in [-0.1, -0.05) is 17.7 Å². The molecule has 1 atom stereocenters. The Labute approximate surface area is 144 Å². The highest BCUT2D eigenvalue weighted by atomic mass is 35.5. The van der Waals surface area contributed by atoms with E-state index in [1.807, 2.05) is 0 Å². The molecule has 2 aromatic heterocycles. The molecular formula is C17H15ClN4O2. The fourth-order valence-electron chi connectivity index (χ4n) is 2.10. The number of carbonyl (C=O) groups excluding carboxylic acids is 1. The number of hydrogen-bond acceptors (Lipinski definition) is 4. The molecule has 0 spiro atoms. The number of rotatable bonds is 5. The zero-order valence-corrected chi connectivity index (χ0v) is 13.6. The quantitative estimate of drug-likeness (QED) is 0.772. The molecule has 0 aliphatic heterocycles. The van der Waals surface area contributed by atoms with Gasteiger partial charge >= 0.3 is 0 Å². The second-order valence-corrected chi connectivity index (χ2v) is 5.47. The van der Waals surface area contributed by atoms with Gasteiger partial charge in [0.25, 0.3) is 5.91 Å². The lowest BCUT2D eigenvalue weighted by Gasteiger charge is -2.16. The average Bonchev–Trinajstić information content (AvgIpc) is 3.09. The van der Waals surface area contributed by atoms with E-state index < -0.39 is 6.10 Å². The summed E-state index contributed by atoms with van der Waals surface area (Å²) in [6.07, 6.45) is 4.34. The summed E-state index contributed by atoms with van der Waals surface area (Å²) in [7, 11) is 0. The van der Waals surface area contributed by atoms with Crippen LogP contribution in [0.15, 0.2) is 61.1 Å². The van der Waals surface area contributed by atoms with E-state index in [0.29, 0.717) is 22.3 Å². The van der Waals surface area contributed by atoms with Gasteiger partial charge in [0.15, 0.2) is 11.9 Å². The molecule has 24 heavy (non-hydrogen) atoms. The second-order valence-electron chi connectivity index (χ2n) is 5.03. The van der Waals surface area contributed by atoms with E-state index in [1.54, 1.807) is 72.7 Å². The molecule has 3 aromatic rings. The second kappa shape index (κ2) is 7.14. The molecule has 0 aliphatic carbocycles. The van der Waals surface area contributed by atoms with Crippen LogP contribution in [0.25, 0.3) is 5.82 Å². The number of nitrogens with zero attached hydrogens (tertiary/aromatic N) is 3. The van der Waals surface area contributed by atoms with Crippen molar-refractivity contribution < 1.29 is 9.53 Å². The number of nitrogens with one attached hydrogen (secondary N) is 1. The number of pyridine rings is 1. The van der Waals surface area contributed by atoms with Crippen LogP contribution in [0.3, 0.4) is 0 Å². The molecule has 1 N–H and O–H groups in total. The maximum atomic E-state index is 12.4. The molecule has 122 valence electrons. The third kappa shape index (κ3) is 3.72. The summed E-state index contributed by atoms with van der Waals surface area (Å²) >= 11 is 5.92. The minimum Gasteiger partial charge on any atom is -0.481 e. The number of carbonyl (C=O) groups is 1. The predicted octanol–water partition coefficient (Wildman–Crippen LogP) is 3.33. The topological polar surface area (TPSA) is 69.0 Å². The third-order valence-electron chi connectivity index (χ3n) is 3.24. The molecule has 0 saturated heterocycles. The van der Waals surface area contributed by atoms with Crippen molar-refractivity contribution in [2.24, 2.45) is 0 Å². The van der Waals surface area contributed by atoms with Crippen LogP contribution in [0.1, 0.15) is 6.92 Å². The van der Waals surface area contributed by atoms with Crippen LogP contribution in [0.2, 0.25) is 5.02 Å². The first-order valence-corrected chi connectivity index (χ1v) is 7.69. The number of halogens is 1. The summed E-state index contributed by atoms with van der Waals surface area (Å²) < 4.78 is 7.20. The van der Waals surface area contributed by atoms with Crippen molar-refractivity contribution in [1.82, 2.24) is 14.8 Å². The Hall–Kier alpha value is -2.86. The molecule has 7 heteroatoms. The highest BCUT2D eigenvalue weighted by Crippen LogP contribution is 2.20. The van der Waals surface area contributed by atoms with E-state index in [2.05, 4.69) is 15.4 Å². The Morgan fingerprint density at radius 3 is 2.88 bits per heavy atom. The lowest BCUT2D eigenvalue weighted by Crippen LogP contribution is -2.30. The predicted molar refractivity (Wildman–Crippen MR) is 91.5 cm³/mol. The number of amides is 1. The molecule has 2 heterocycles. The van der Waals surface area contributed by atoms with Gasteiger partial charge in [-0.05, 0) is 43.3 Å². The Kier molecular flexibility index (Phi) is 4.77. The highest BCUT2D eigenvalue weighted by molar-refractivity contribution is 6.30. The zero-order chi connectivity index (χ0) is 16.9. The first-order valence-electron chi connectivity index (χ1n) is 7.31. The van der Waals surface area contributed by atoms with Gasteiger partial charge in [0.2, 0.25) is 0 Å². The first kappa shape index (κ1) is 16.0. The lowest BCUT2D eigenvalue weighted by molar-refractivity contribution is -0.122. The Morgan fingerprint density at radius 1 is 1.25 bits per heavy atom. The fourth-order valence-corrected chi connectivity index (χ4v) is 2.28. The maximum absolute atomic E-state index is 12.4. The molecule has 0 radical (unpaired) electrons. The standard InChI is InChI=1S/C17H15ClN4O2/c1-12(24-14-6-2-5-13(18)11-14)17(23)21-15-7-3-8-19-16(15)22-10-4-9-20-22/h2-12H,1H3,(H,21,23). The summed E-state index contributed by atoms with van der Waals surface area (Å²) in [6.45, 7) is 1.67. The van der Waals surface area contributed by atoms with Gasteiger partial charge in [-0.25, -0.2) is 9.67 Å². The van der Waals surface area contributed by atoms with Crippen LogP contribution < -0.4 is 10.1 Å². The van der Waals surface area contributed by atoms with E-state index in [1.165, 1.54) is 0 Å². The number of ether oxygens (including phenoxy) is 1. The van der Waals surface area contributed by atoms with Crippen LogP contribution in [0, 0.1) is 0 Å². The van der Waals surface area contributed by atoms with Crippen LogP contribution in [-0.2, 0) is 4.79 Å². The normalized spacial score (nSPS) is 11.8. The number of anilines is 1. The molecular weight excluding hydrogens is 328 g/mol. The fraction of sp³-hybridized carbons (Fsp3) is 0.118. The maximum Gasteiger partial charge on any atom is 0.265 e. The molecule has 0 bridgehead atoms. The Bertz CT molecular complexity index is 836. The van der Waals surface area contributed by atoms with Crippen LogP contribution in [0.4, 0.5) is 5.69 Å². The molecule has 0 fully saturated rings. The molecule has 1 unspecified atom stereocenters. The van der Waals surface area contributed by atoms with Gasteiger partial charge in [-0.2, -0.15) is 5.10 Å². The van der Waals surface area contributed by atoms with Gasteiger partial charge < -0.3 is 10.1 Å². The minimum absolute atomic E-state index is 0.295. The largest absolute Gasteiger partial charge is 0.481 e. The van der Waals surface area contributed by atoms with Gasteiger partial charge in [-0.3, -0.25) is 4.79 Å². The van der Waals surface area contributed by atoms with Crippen molar-refractivity contribution in [3.05, 3.63) is 66.1 Å². The van der Waals surface area contributed by atoms with Gasteiger partial charge in [0, 0.05) is 23.6 Å². The van der Waals surface area contributed by atoms with Crippen molar-refractivity contribution >= 4 is 23.2 Å². The third-order valence-corrected chi connectivity index (χ3v) is 3.48. The van der Waals surface area contributed by atoms with Gasteiger partial charge in [0.1, 0.15) is 5.75 Å². The van der Waals surface area contributed by atoms with Crippen LogP contribution >= 0.6 is 11.6 Å². The lowest BCUT2D eigenvalue weighted by atomic mass is 10.3. The molecule has 3 rings (SSSR count). The molecule has 1 amide bonds. The van der Waals surface area contributed by atoms with Crippen molar-refractivity contribution in [1.29, 1.82) is 0 Å². The van der Waals surface area contributed by atoms with Crippen molar-refractivity contribution in [2.75, 3.05) is 5.32 Å². The number of aromatic nitrogens is 3. The number of benzene rings is 1. The Balaban J connectivity index is 1.73. The monoisotopic (exact) mass is 342 g/mol. The highest BCUT2D eigenvalue weighted by Gasteiger charge is 2.17. The van der Waals surface area contributed by atoms with Crippen molar-refractivity contribution in [3.63, 3.8) is 0 Å². The average molecular weight is 343 g/mol. The smallest absolute Gasteiger partial charge is 0.265 e. The summed E-state index contributed by atoms with van der Waals surface area (Å²) in [5.74, 6) is 0.769. The molecule has 0 saturated carbocycles. The SMILES string of the molecule is CC(Oc1cccc(Cl)c1)C(=O)Nc1cccnc1-n1cccn1. The summed E-state index contributed by atoms with van der Waals surface area (Å²) in [4.78, 5) is 16.7. The van der Waals surface area contributed by atoms with Crippen molar-refractivity contribution in [3.8, 4) is 11.6 Å². The molecule has 1 aromatic carbocycles. The van der Waals surface area contributed by atoms with Crippen LogP contribution in [0.5, 0.6) is 5.75 Å². The summed E-state index contributed by atoms with van der Waals surface area (Å²) in [5.41, 5.74) is 0.549.